The number of benzene rings is 2. The van der Waals surface area contributed by atoms with Gasteiger partial charge in [-0.25, -0.2) is 0 Å². The van der Waals surface area contributed by atoms with Crippen LogP contribution in [0.5, 0.6) is 0 Å². The number of hydrogen-bond donors (Lipinski definition) is 0. The standard InChI is InChI=1S/C17H15Cl/c1-17(2)15-9-4-3-6-13(15)11-16(17)12-7-5-8-14(18)10-12/h3-11H,1-2H3. The maximum absolute atomic E-state index is 6.10. The van der Waals surface area contributed by atoms with Crippen LogP contribution in [0.3, 0.4) is 0 Å². The summed E-state index contributed by atoms with van der Waals surface area (Å²) >= 11 is 6.10. The van der Waals surface area contributed by atoms with Crippen molar-refractivity contribution in [3.63, 3.8) is 0 Å². The topological polar surface area (TPSA) is 0 Å². The SMILES string of the molecule is CC1(C)C(c2cccc(Cl)c2)=Cc2ccccc21. The van der Waals surface area contributed by atoms with Crippen LogP contribution in [-0.2, 0) is 5.41 Å². The van der Waals surface area contributed by atoms with Gasteiger partial charge in [-0.3, -0.25) is 0 Å². The van der Waals surface area contributed by atoms with Crippen molar-refractivity contribution in [2.45, 2.75) is 19.3 Å². The summed E-state index contributed by atoms with van der Waals surface area (Å²) in [6.45, 7) is 4.54. The third-order valence-electron chi connectivity index (χ3n) is 3.74. The van der Waals surface area contributed by atoms with Gasteiger partial charge in [0.15, 0.2) is 0 Å². The fraction of sp³-hybridized carbons (Fsp3) is 0.176. The molecule has 0 bridgehead atoms. The van der Waals surface area contributed by atoms with Crippen molar-refractivity contribution < 1.29 is 0 Å². The zero-order chi connectivity index (χ0) is 12.8. The average Bonchev–Trinajstić information content (AvgIpc) is 2.62. The summed E-state index contributed by atoms with van der Waals surface area (Å²) in [5.74, 6) is 0. The van der Waals surface area contributed by atoms with Crippen LogP contribution in [0, 0.1) is 0 Å². The van der Waals surface area contributed by atoms with E-state index in [4.69, 9.17) is 11.6 Å². The van der Waals surface area contributed by atoms with E-state index in [1.54, 1.807) is 0 Å². The monoisotopic (exact) mass is 254 g/mol. The molecule has 0 fully saturated rings. The highest BCUT2D eigenvalue weighted by molar-refractivity contribution is 6.30. The molecule has 0 atom stereocenters. The van der Waals surface area contributed by atoms with Gasteiger partial charge in [-0.1, -0.05) is 61.8 Å². The minimum atomic E-state index is 0.0429. The fourth-order valence-corrected chi connectivity index (χ4v) is 2.96. The Morgan fingerprint density at radius 1 is 0.944 bits per heavy atom. The molecule has 2 aromatic rings. The Morgan fingerprint density at radius 2 is 1.72 bits per heavy atom. The predicted octanol–water partition coefficient (Wildman–Crippen LogP) is 5.17. The summed E-state index contributed by atoms with van der Waals surface area (Å²) in [6.07, 6.45) is 2.28. The summed E-state index contributed by atoms with van der Waals surface area (Å²) in [7, 11) is 0. The molecule has 0 unspecified atom stereocenters. The fourth-order valence-electron chi connectivity index (χ4n) is 2.77. The first-order chi connectivity index (χ1) is 8.59. The Hall–Kier alpha value is -1.53. The second-order valence-corrected chi connectivity index (χ2v) is 5.72. The van der Waals surface area contributed by atoms with Crippen molar-refractivity contribution in [3.8, 4) is 0 Å². The zero-order valence-electron chi connectivity index (χ0n) is 10.6. The number of allylic oxidation sites excluding steroid dienone is 1. The first-order valence-corrected chi connectivity index (χ1v) is 6.54. The lowest BCUT2D eigenvalue weighted by atomic mass is 9.78. The molecule has 1 heteroatoms. The summed E-state index contributed by atoms with van der Waals surface area (Å²) < 4.78 is 0. The van der Waals surface area contributed by atoms with Gasteiger partial charge in [0.2, 0.25) is 0 Å². The van der Waals surface area contributed by atoms with Gasteiger partial charge in [0.25, 0.3) is 0 Å². The molecule has 90 valence electrons. The van der Waals surface area contributed by atoms with Crippen molar-refractivity contribution in [1.82, 2.24) is 0 Å². The molecule has 1 aliphatic rings. The first-order valence-electron chi connectivity index (χ1n) is 6.17. The molecule has 3 rings (SSSR count). The van der Waals surface area contributed by atoms with E-state index in [1.165, 1.54) is 22.3 Å². The lowest BCUT2D eigenvalue weighted by molar-refractivity contribution is 0.704. The second-order valence-electron chi connectivity index (χ2n) is 5.28. The van der Waals surface area contributed by atoms with Gasteiger partial charge >= 0.3 is 0 Å². The van der Waals surface area contributed by atoms with E-state index in [0.717, 1.165) is 5.02 Å². The van der Waals surface area contributed by atoms with Gasteiger partial charge in [-0.15, -0.1) is 0 Å². The average molecular weight is 255 g/mol. The number of fused-ring (bicyclic) bond motifs is 1. The number of halogens is 1. The maximum Gasteiger partial charge on any atom is 0.0412 e. The van der Waals surface area contributed by atoms with Crippen LogP contribution >= 0.6 is 11.6 Å². The van der Waals surface area contributed by atoms with E-state index in [9.17, 15) is 0 Å². The number of hydrogen-bond acceptors (Lipinski definition) is 0. The Kier molecular flexibility index (Phi) is 2.57. The Bertz CT molecular complexity index is 636. The van der Waals surface area contributed by atoms with Crippen LogP contribution < -0.4 is 0 Å². The Morgan fingerprint density at radius 3 is 2.44 bits per heavy atom. The van der Waals surface area contributed by atoms with Crippen molar-refractivity contribution >= 4 is 23.3 Å². The molecule has 0 saturated carbocycles. The van der Waals surface area contributed by atoms with E-state index < -0.39 is 0 Å². The zero-order valence-corrected chi connectivity index (χ0v) is 11.3. The van der Waals surface area contributed by atoms with Crippen LogP contribution in [0.1, 0.15) is 30.5 Å². The quantitative estimate of drug-likeness (QED) is 0.658. The summed E-state index contributed by atoms with van der Waals surface area (Å²) in [5.41, 5.74) is 5.30. The molecule has 0 heterocycles. The highest BCUT2D eigenvalue weighted by Crippen LogP contribution is 2.46. The largest absolute Gasteiger partial charge is 0.0843 e. The van der Waals surface area contributed by atoms with Gasteiger partial charge < -0.3 is 0 Å². The summed E-state index contributed by atoms with van der Waals surface area (Å²) in [4.78, 5) is 0. The van der Waals surface area contributed by atoms with E-state index in [1.807, 2.05) is 18.2 Å². The lowest BCUT2D eigenvalue weighted by Gasteiger charge is -2.25. The maximum atomic E-state index is 6.10. The third kappa shape index (κ3) is 1.69. The van der Waals surface area contributed by atoms with Crippen LogP contribution in [0.4, 0.5) is 0 Å². The number of rotatable bonds is 1. The highest BCUT2D eigenvalue weighted by atomic mass is 35.5. The predicted molar refractivity (Wildman–Crippen MR) is 78.8 cm³/mol. The van der Waals surface area contributed by atoms with E-state index >= 15 is 0 Å². The lowest BCUT2D eigenvalue weighted by Crippen LogP contribution is -2.16. The van der Waals surface area contributed by atoms with Gasteiger partial charge in [0.1, 0.15) is 0 Å². The van der Waals surface area contributed by atoms with Crippen molar-refractivity contribution in [2.24, 2.45) is 0 Å². The minimum Gasteiger partial charge on any atom is -0.0843 e. The van der Waals surface area contributed by atoms with E-state index in [0.29, 0.717) is 0 Å². The minimum absolute atomic E-state index is 0.0429. The molecule has 0 saturated heterocycles. The van der Waals surface area contributed by atoms with Crippen molar-refractivity contribution in [2.75, 3.05) is 0 Å². The van der Waals surface area contributed by atoms with Crippen LogP contribution in [0.25, 0.3) is 11.6 Å². The Labute approximate surface area is 113 Å². The normalized spacial score (nSPS) is 16.3. The molecule has 1 aliphatic carbocycles. The smallest absolute Gasteiger partial charge is 0.0412 e. The van der Waals surface area contributed by atoms with Gasteiger partial charge in [0, 0.05) is 10.4 Å². The molecule has 0 radical (unpaired) electrons. The summed E-state index contributed by atoms with van der Waals surface area (Å²) in [5, 5.41) is 0.792. The molecule has 0 amide bonds. The molecule has 18 heavy (non-hydrogen) atoms. The second kappa shape index (κ2) is 4.00. The first kappa shape index (κ1) is 11.6. The van der Waals surface area contributed by atoms with Crippen LogP contribution in [-0.4, -0.2) is 0 Å². The molecular formula is C17H15Cl. The molecule has 2 aromatic carbocycles. The van der Waals surface area contributed by atoms with Gasteiger partial charge in [-0.05, 0) is 40.5 Å². The van der Waals surface area contributed by atoms with Gasteiger partial charge in [0.05, 0.1) is 0 Å². The summed E-state index contributed by atoms with van der Waals surface area (Å²) in [6, 6.07) is 16.7. The van der Waals surface area contributed by atoms with Gasteiger partial charge in [-0.2, -0.15) is 0 Å². The third-order valence-corrected chi connectivity index (χ3v) is 3.98. The highest BCUT2D eigenvalue weighted by Gasteiger charge is 2.33. The van der Waals surface area contributed by atoms with Crippen molar-refractivity contribution in [3.05, 3.63) is 70.2 Å². The van der Waals surface area contributed by atoms with E-state index in [2.05, 4.69) is 50.3 Å². The van der Waals surface area contributed by atoms with E-state index in [-0.39, 0.29) is 5.41 Å². The molecular weight excluding hydrogens is 240 g/mol. The molecule has 0 nitrogen and oxygen atoms in total. The van der Waals surface area contributed by atoms with Crippen LogP contribution in [0.15, 0.2) is 48.5 Å². The molecule has 0 spiro atoms. The molecule has 0 aromatic heterocycles. The Balaban J connectivity index is 2.16. The van der Waals surface area contributed by atoms with Crippen LogP contribution in [0.2, 0.25) is 5.02 Å². The molecule has 0 N–H and O–H groups in total. The van der Waals surface area contributed by atoms with Crippen molar-refractivity contribution in [1.29, 1.82) is 0 Å². The molecule has 0 aliphatic heterocycles.